The van der Waals surface area contributed by atoms with Crippen molar-refractivity contribution in [2.24, 2.45) is 5.10 Å². The van der Waals surface area contributed by atoms with E-state index in [1.54, 1.807) is 0 Å². The van der Waals surface area contributed by atoms with Crippen LogP contribution in [0.1, 0.15) is 12.8 Å². The van der Waals surface area contributed by atoms with E-state index in [0.29, 0.717) is 10.7 Å². The summed E-state index contributed by atoms with van der Waals surface area (Å²) in [5.41, 5.74) is 1.75. The second-order valence-electron chi connectivity index (χ2n) is 5.23. The van der Waals surface area contributed by atoms with Gasteiger partial charge in [-0.05, 0) is 18.2 Å². The van der Waals surface area contributed by atoms with E-state index in [1.807, 2.05) is 0 Å². The van der Waals surface area contributed by atoms with Crippen LogP contribution in [0.5, 0.6) is 0 Å². The summed E-state index contributed by atoms with van der Waals surface area (Å²) in [6.45, 7) is 0. The van der Waals surface area contributed by atoms with Gasteiger partial charge in [-0.15, -0.1) is 0 Å². The van der Waals surface area contributed by atoms with Crippen molar-refractivity contribution in [1.82, 2.24) is 5.43 Å². The summed E-state index contributed by atoms with van der Waals surface area (Å²) in [7, 11) is 1.22. The fourth-order valence-electron chi connectivity index (χ4n) is 2.63. The van der Waals surface area contributed by atoms with Crippen molar-refractivity contribution in [1.29, 1.82) is 0 Å². The van der Waals surface area contributed by atoms with Crippen LogP contribution in [0.2, 0.25) is 10.0 Å². The average molecular weight is 356 g/mol. The number of anilines is 1. The molecule has 1 spiro atoms. The van der Waals surface area contributed by atoms with Gasteiger partial charge in [0.25, 0.3) is 5.91 Å². The highest BCUT2D eigenvalue weighted by atomic mass is 35.5. The lowest BCUT2D eigenvalue weighted by Gasteiger charge is -2.21. The molecule has 2 aliphatic rings. The molecule has 7 nitrogen and oxygen atoms in total. The van der Waals surface area contributed by atoms with Crippen LogP contribution in [0, 0.1) is 0 Å². The third kappa shape index (κ3) is 2.46. The molecule has 1 N–H and O–H groups in total. The monoisotopic (exact) mass is 355 g/mol. The van der Waals surface area contributed by atoms with E-state index in [-0.39, 0.29) is 23.6 Å². The number of hydrazone groups is 1. The van der Waals surface area contributed by atoms with Crippen LogP contribution < -0.4 is 10.3 Å². The van der Waals surface area contributed by atoms with Gasteiger partial charge in [0.15, 0.2) is 0 Å². The minimum atomic E-state index is -1.26. The number of hydrogen-bond donors (Lipinski definition) is 1. The summed E-state index contributed by atoms with van der Waals surface area (Å²) >= 11 is 11.8. The Bertz CT molecular complexity index is 764. The molecule has 1 saturated heterocycles. The fourth-order valence-corrected chi connectivity index (χ4v) is 2.92. The van der Waals surface area contributed by atoms with Gasteiger partial charge in [0.1, 0.15) is 11.3 Å². The van der Waals surface area contributed by atoms with Crippen LogP contribution >= 0.6 is 23.2 Å². The molecule has 2 aliphatic heterocycles. The van der Waals surface area contributed by atoms with Gasteiger partial charge < -0.3 is 4.74 Å². The maximum Gasteiger partial charge on any atom is 0.354 e. The zero-order valence-electron chi connectivity index (χ0n) is 11.9. The Morgan fingerprint density at radius 2 is 2.04 bits per heavy atom. The van der Waals surface area contributed by atoms with E-state index in [4.69, 9.17) is 23.2 Å². The van der Waals surface area contributed by atoms with Gasteiger partial charge in [0.2, 0.25) is 5.91 Å². The molecule has 1 atom stereocenters. The third-order valence-electron chi connectivity index (χ3n) is 3.77. The number of imide groups is 1. The first-order valence-electron chi connectivity index (χ1n) is 6.62. The molecular formula is C14H11Cl2N3O4. The van der Waals surface area contributed by atoms with Gasteiger partial charge in [-0.25, -0.2) is 9.69 Å². The maximum absolute atomic E-state index is 12.7. The van der Waals surface area contributed by atoms with Crippen molar-refractivity contribution in [3.63, 3.8) is 0 Å². The molecule has 0 aliphatic carbocycles. The largest absolute Gasteiger partial charge is 0.464 e. The van der Waals surface area contributed by atoms with E-state index in [1.165, 1.54) is 25.3 Å². The van der Waals surface area contributed by atoms with E-state index in [9.17, 15) is 14.4 Å². The van der Waals surface area contributed by atoms with Crippen molar-refractivity contribution in [3.8, 4) is 0 Å². The number of ether oxygens (including phenoxy) is 1. The van der Waals surface area contributed by atoms with Crippen molar-refractivity contribution in [3.05, 3.63) is 28.2 Å². The summed E-state index contributed by atoms with van der Waals surface area (Å²) < 4.78 is 4.59. The lowest BCUT2D eigenvalue weighted by Crippen LogP contribution is -2.47. The molecule has 0 saturated carbocycles. The predicted octanol–water partition coefficient (Wildman–Crippen LogP) is 1.52. The van der Waals surface area contributed by atoms with Crippen molar-refractivity contribution >= 4 is 52.4 Å². The minimum Gasteiger partial charge on any atom is -0.464 e. The molecule has 9 heteroatoms. The quantitative estimate of drug-likeness (QED) is 0.641. The van der Waals surface area contributed by atoms with Crippen molar-refractivity contribution in [2.75, 3.05) is 12.0 Å². The highest BCUT2D eigenvalue weighted by Crippen LogP contribution is 2.36. The van der Waals surface area contributed by atoms with Crippen molar-refractivity contribution in [2.45, 2.75) is 18.4 Å². The molecule has 0 bridgehead atoms. The summed E-state index contributed by atoms with van der Waals surface area (Å²) in [5, 5.41) is 4.38. The molecule has 1 unspecified atom stereocenters. The van der Waals surface area contributed by atoms with Crippen LogP contribution in [0.4, 0.5) is 5.69 Å². The number of halogens is 2. The Kier molecular flexibility index (Phi) is 3.77. The molecule has 2 heterocycles. The van der Waals surface area contributed by atoms with Crippen LogP contribution in [0.25, 0.3) is 0 Å². The molecule has 1 aromatic carbocycles. The lowest BCUT2D eigenvalue weighted by molar-refractivity contribution is -0.132. The van der Waals surface area contributed by atoms with Gasteiger partial charge in [-0.1, -0.05) is 23.2 Å². The van der Waals surface area contributed by atoms with Gasteiger partial charge in [0, 0.05) is 6.42 Å². The molecule has 2 amide bonds. The molecule has 120 valence electrons. The molecule has 0 radical (unpaired) electrons. The molecule has 23 heavy (non-hydrogen) atoms. The van der Waals surface area contributed by atoms with Crippen molar-refractivity contribution < 1.29 is 19.1 Å². The standard InChI is InChI=1S/C14H11Cl2N3O4/c1-23-12(21)10-5-14(18-17-10)6-11(20)19(13(14)22)7-2-3-8(15)9(16)4-7/h2-4,18H,5-6H2,1H3. The van der Waals surface area contributed by atoms with E-state index in [2.05, 4.69) is 15.3 Å². The zero-order valence-corrected chi connectivity index (χ0v) is 13.4. The SMILES string of the molecule is COC(=O)C1=NNC2(CC(=O)N(c3ccc(Cl)c(Cl)c3)C2=O)C1. The Hall–Kier alpha value is -2.12. The minimum absolute atomic E-state index is 0.0118. The Morgan fingerprint density at radius 3 is 2.70 bits per heavy atom. The van der Waals surface area contributed by atoms with E-state index >= 15 is 0 Å². The van der Waals surface area contributed by atoms with Gasteiger partial charge in [-0.3, -0.25) is 15.0 Å². The first-order chi connectivity index (χ1) is 10.9. The molecule has 1 aromatic rings. The number of nitrogens with zero attached hydrogens (tertiary/aromatic N) is 2. The Labute approximate surface area is 141 Å². The van der Waals surface area contributed by atoms with Gasteiger partial charge >= 0.3 is 5.97 Å². The number of esters is 1. The summed E-state index contributed by atoms with van der Waals surface area (Å²) in [6.07, 6.45) is -0.127. The van der Waals surface area contributed by atoms with Crippen LogP contribution in [0.3, 0.4) is 0 Å². The summed E-state index contributed by atoms with van der Waals surface area (Å²) in [4.78, 5) is 37.6. The smallest absolute Gasteiger partial charge is 0.354 e. The second-order valence-corrected chi connectivity index (χ2v) is 6.04. The van der Waals surface area contributed by atoms with Crippen LogP contribution in [0.15, 0.2) is 23.3 Å². The summed E-state index contributed by atoms with van der Waals surface area (Å²) in [5.74, 6) is -1.55. The fraction of sp³-hybridized carbons (Fsp3) is 0.286. The van der Waals surface area contributed by atoms with E-state index < -0.39 is 23.3 Å². The van der Waals surface area contributed by atoms with Crippen LogP contribution in [-0.4, -0.2) is 36.1 Å². The van der Waals surface area contributed by atoms with Gasteiger partial charge in [-0.2, -0.15) is 5.10 Å². The normalized spacial score (nSPS) is 23.3. The zero-order chi connectivity index (χ0) is 16.8. The molecule has 1 fully saturated rings. The second kappa shape index (κ2) is 5.50. The third-order valence-corrected chi connectivity index (χ3v) is 4.51. The highest BCUT2D eigenvalue weighted by molar-refractivity contribution is 6.42. The predicted molar refractivity (Wildman–Crippen MR) is 83.5 cm³/mol. The number of carbonyl (C=O) groups excluding carboxylic acids is 3. The van der Waals surface area contributed by atoms with Crippen LogP contribution in [-0.2, 0) is 19.1 Å². The number of benzene rings is 1. The maximum atomic E-state index is 12.7. The number of hydrogen-bond acceptors (Lipinski definition) is 6. The summed E-state index contributed by atoms with van der Waals surface area (Å²) in [6, 6.07) is 4.47. The average Bonchev–Trinajstić information content (AvgIpc) is 3.04. The topological polar surface area (TPSA) is 88.1 Å². The van der Waals surface area contributed by atoms with Gasteiger partial charge in [0.05, 0.1) is 29.3 Å². The highest BCUT2D eigenvalue weighted by Gasteiger charge is 2.56. The number of rotatable bonds is 2. The first-order valence-corrected chi connectivity index (χ1v) is 7.38. The first kappa shape index (κ1) is 15.8. The molecule has 0 aromatic heterocycles. The molecule has 3 rings (SSSR count). The number of carbonyl (C=O) groups is 3. The Balaban J connectivity index is 1.89. The Morgan fingerprint density at radius 1 is 1.30 bits per heavy atom. The van der Waals surface area contributed by atoms with E-state index in [0.717, 1.165) is 4.90 Å². The number of amides is 2. The lowest BCUT2D eigenvalue weighted by atomic mass is 9.93. The number of nitrogens with one attached hydrogen (secondary N) is 1. The number of methoxy groups -OCH3 is 1. The molecular weight excluding hydrogens is 345 g/mol.